The lowest BCUT2D eigenvalue weighted by atomic mass is 9.63. The molecule has 0 fully saturated rings. The molecule has 1 aliphatic rings. The maximum Gasteiger partial charge on any atom is 0.238 e. The molecule has 8 aromatic carbocycles. The molecule has 1 aliphatic carbocycles. The first kappa shape index (κ1) is 36.5. The molecule has 5 nitrogen and oxygen atoms in total. The molecule has 0 atom stereocenters. The standard InChI is InChI=1S/C57H45N5/c1-56(2)31-32-57(3,4)47-35-50-45(34-46(47)56)51-49(61(50)40-23-9-6-10-24-40)30-29-44-43-26-13-14-28-48(43)62(52(44)51)55-59-53(37-18-7-5-8-19-37)58-54(60-55)39-22-15-21-38(33-39)42-27-16-20-36-17-11-12-25-41(36)42/h5-30,33-35H,31-32H2,1-4H3. The van der Waals surface area contributed by atoms with Gasteiger partial charge in [-0.3, -0.25) is 4.57 Å². The van der Waals surface area contributed by atoms with Crippen LogP contribution in [0, 0.1) is 0 Å². The summed E-state index contributed by atoms with van der Waals surface area (Å²) in [7, 11) is 0. The number of aromatic nitrogens is 5. The Morgan fingerprint density at radius 2 is 1.03 bits per heavy atom. The van der Waals surface area contributed by atoms with Gasteiger partial charge in [-0.05, 0) is 99.2 Å². The van der Waals surface area contributed by atoms with Crippen molar-refractivity contribution in [3.05, 3.63) is 187 Å². The number of para-hydroxylation sites is 2. The summed E-state index contributed by atoms with van der Waals surface area (Å²) in [5, 5.41) is 7.18. The predicted molar refractivity (Wildman–Crippen MR) is 258 cm³/mol. The van der Waals surface area contributed by atoms with E-state index in [-0.39, 0.29) is 10.8 Å². The first-order valence-electron chi connectivity index (χ1n) is 21.7. The van der Waals surface area contributed by atoms with E-state index < -0.39 is 0 Å². The van der Waals surface area contributed by atoms with Gasteiger partial charge in [-0.1, -0.05) is 161 Å². The van der Waals surface area contributed by atoms with Crippen LogP contribution >= 0.6 is 0 Å². The third-order valence-corrected chi connectivity index (χ3v) is 13.6. The molecule has 0 radical (unpaired) electrons. The van der Waals surface area contributed by atoms with Gasteiger partial charge in [-0.2, -0.15) is 9.97 Å². The van der Waals surface area contributed by atoms with E-state index in [1.165, 1.54) is 49.1 Å². The molecular weight excluding hydrogens is 755 g/mol. The van der Waals surface area contributed by atoms with Crippen LogP contribution in [-0.2, 0) is 10.8 Å². The molecule has 298 valence electrons. The first-order chi connectivity index (χ1) is 30.2. The molecule has 0 saturated carbocycles. The Kier molecular flexibility index (Phi) is 7.98. The minimum atomic E-state index is 0.0368. The normalized spacial score (nSPS) is 14.6. The van der Waals surface area contributed by atoms with Crippen LogP contribution in [0.15, 0.2) is 176 Å². The van der Waals surface area contributed by atoms with E-state index in [1.54, 1.807) is 0 Å². The van der Waals surface area contributed by atoms with Crippen molar-refractivity contribution in [1.82, 2.24) is 24.1 Å². The highest BCUT2D eigenvalue weighted by atomic mass is 15.2. The van der Waals surface area contributed by atoms with Crippen molar-refractivity contribution in [3.8, 4) is 45.5 Å². The van der Waals surface area contributed by atoms with Gasteiger partial charge in [0.25, 0.3) is 0 Å². The summed E-state index contributed by atoms with van der Waals surface area (Å²) in [6, 6.07) is 63.2. The molecule has 3 heterocycles. The van der Waals surface area contributed by atoms with Crippen molar-refractivity contribution in [2.75, 3.05) is 0 Å². The molecule has 0 bridgehead atoms. The van der Waals surface area contributed by atoms with Gasteiger partial charge in [0.15, 0.2) is 11.6 Å². The Morgan fingerprint density at radius 3 is 1.82 bits per heavy atom. The molecule has 11 aromatic rings. The monoisotopic (exact) mass is 799 g/mol. The average Bonchev–Trinajstić information content (AvgIpc) is 3.83. The lowest BCUT2D eigenvalue weighted by Crippen LogP contribution is -2.33. The molecule has 62 heavy (non-hydrogen) atoms. The van der Waals surface area contributed by atoms with Gasteiger partial charge < -0.3 is 4.57 Å². The first-order valence-corrected chi connectivity index (χ1v) is 21.7. The van der Waals surface area contributed by atoms with Crippen LogP contribution in [0.1, 0.15) is 51.7 Å². The number of hydrogen-bond acceptors (Lipinski definition) is 3. The summed E-state index contributed by atoms with van der Waals surface area (Å²) in [4.78, 5) is 16.1. The summed E-state index contributed by atoms with van der Waals surface area (Å²) in [5.74, 6) is 1.84. The van der Waals surface area contributed by atoms with Gasteiger partial charge in [-0.25, -0.2) is 4.98 Å². The molecule has 0 spiro atoms. The number of hydrogen-bond donors (Lipinski definition) is 0. The molecule has 0 saturated heterocycles. The lowest BCUT2D eigenvalue weighted by Gasteiger charge is -2.42. The highest BCUT2D eigenvalue weighted by Gasteiger charge is 2.38. The summed E-state index contributed by atoms with van der Waals surface area (Å²) < 4.78 is 4.78. The van der Waals surface area contributed by atoms with E-state index in [0.717, 1.165) is 57.2 Å². The van der Waals surface area contributed by atoms with Crippen LogP contribution in [-0.4, -0.2) is 24.1 Å². The van der Waals surface area contributed by atoms with Crippen LogP contribution in [0.25, 0.3) is 99.9 Å². The van der Waals surface area contributed by atoms with Crippen molar-refractivity contribution in [3.63, 3.8) is 0 Å². The van der Waals surface area contributed by atoms with Crippen molar-refractivity contribution < 1.29 is 0 Å². The average molecular weight is 800 g/mol. The van der Waals surface area contributed by atoms with E-state index in [4.69, 9.17) is 15.0 Å². The van der Waals surface area contributed by atoms with Gasteiger partial charge in [0.1, 0.15) is 0 Å². The van der Waals surface area contributed by atoms with Crippen molar-refractivity contribution in [2.45, 2.75) is 51.4 Å². The zero-order valence-corrected chi connectivity index (χ0v) is 35.4. The van der Waals surface area contributed by atoms with Gasteiger partial charge in [0.05, 0.1) is 22.1 Å². The minimum Gasteiger partial charge on any atom is -0.309 e. The predicted octanol–water partition coefficient (Wildman–Crippen LogP) is 14.6. The zero-order valence-electron chi connectivity index (χ0n) is 35.4. The van der Waals surface area contributed by atoms with Crippen molar-refractivity contribution in [2.24, 2.45) is 0 Å². The van der Waals surface area contributed by atoms with Gasteiger partial charge in [0.2, 0.25) is 5.95 Å². The Bertz CT molecular complexity index is 3570. The minimum absolute atomic E-state index is 0.0368. The van der Waals surface area contributed by atoms with Gasteiger partial charge >= 0.3 is 0 Å². The summed E-state index contributed by atoms with van der Waals surface area (Å²) >= 11 is 0. The lowest BCUT2D eigenvalue weighted by molar-refractivity contribution is 0.332. The van der Waals surface area contributed by atoms with E-state index >= 15 is 0 Å². The highest BCUT2D eigenvalue weighted by Crippen LogP contribution is 2.50. The number of rotatable bonds is 5. The number of fused-ring (bicyclic) bond motifs is 9. The van der Waals surface area contributed by atoms with Crippen molar-refractivity contribution in [1.29, 1.82) is 0 Å². The largest absolute Gasteiger partial charge is 0.309 e. The third kappa shape index (κ3) is 5.58. The van der Waals surface area contributed by atoms with Gasteiger partial charge in [-0.15, -0.1) is 0 Å². The number of nitrogens with zero attached hydrogens (tertiary/aromatic N) is 5. The van der Waals surface area contributed by atoms with Gasteiger partial charge in [0, 0.05) is 38.4 Å². The smallest absolute Gasteiger partial charge is 0.238 e. The summed E-state index contributed by atoms with van der Waals surface area (Å²) in [6.45, 7) is 9.67. The highest BCUT2D eigenvalue weighted by molar-refractivity contribution is 6.26. The zero-order chi connectivity index (χ0) is 41.7. The second-order valence-electron chi connectivity index (χ2n) is 18.3. The Labute approximate surface area is 361 Å². The SMILES string of the molecule is CC1(C)CCC(C)(C)c2cc3c(cc21)c1c(ccc2c4ccccc4n(-c4nc(-c5ccccc5)nc(-c5cccc(-c6cccc7ccccc67)c5)n4)c21)n3-c1ccccc1. The van der Waals surface area contributed by atoms with E-state index in [2.05, 4.69) is 195 Å². The van der Waals surface area contributed by atoms with Crippen molar-refractivity contribution >= 4 is 54.4 Å². The van der Waals surface area contributed by atoms with Crippen LogP contribution in [0.2, 0.25) is 0 Å². The molecule has 0 unspecified atom stereocenters. The Balaban J connectivity index is 1.19. The third-order valence-electron chi connectivity index (χ3n) is 13.6. The van der Waals surface area contributed by atoms with E-state index in [9.17, 15) is 0 Å². The number of benzene rings is 8. The molecule has 0 amide bonds. The van der Waals surface area contributed by atoms with E-state index in [0.29, 0.717) is 17.6 Å². The van der Waals surface area contributed by atoms with Crippen LogP contribution < -0.4 is 0 Å². The van der Waals surface area contributed by atoms with Crippen LogP contribution in [0.3, 0.4) is 0 Å². The molecule has 0 N–H and O–H groups in total. The second kappa shape index (κ2) is 13.6. The summed E-state index contributed by atoms with van der Waals surface area (Å²) in [5.41, 5.74) is 12.8. The Morgan fingerprint density at radius 1 is 0.419 bits per heavy atom. The summed E-state index contributed by atoms with van der Waals surface area (Å²) in [6.07, 6.45) is 2.29. The quantitative estimate of drug-likeness (QED) is 0.174. The molecule has 5 heteroatoms. The Hall–Kier alpha value is -7.37. The fourth-order valence-electron chi connectivity index (χ4n) is 10.3. The maximum absolute atomic E-state index is 5.47. The van der Waals surface area contributed by atoms with E-state index in [1.807, 2.05) is 18.2 Å². The molecular formula is C57H45N5. The maximum atomic E-state index is 5.47. The fourth-order valence-corrected chi connectivity index (χ4v) is 10.3. The second-order valence-corrected chi connectivity index (χ2v) is 18.3. The molecule has 0 aliphatic heterocycles. The molecule has 3 aromatic heterocycles. The fraction of sp³-hybridized carbons (Fsp3) is 0.140. The van der Waals surface area contributed by atoms with Crippen LogP contribution in [0.5, 0.6) is 0 Å². The molecule has 12 rings (SSSR count). The van der Waals surface area contributed by atoms with Crippen LogP contribution in [0.4, 0.5) is 0 Å². The topological polar surface area (TPSA) is 48.5 Å².